The normalized spacial score (nSPS) is 16.6. The van der Waals surface area contributed by atoms with Gasteiger partial charge in [-0.3, -0.25) is 0 Å². The largest absolute Gasteiger partial charge is 0.347 e. The Morgan fingerprint density at radius 1 is 1.58 bits per heavy atom. The Balaban J connectivity index is 1.84. The maximum Gasteiger partial charge on any atom is 0.318 e. The van der Waals surface area contributed by atoms with Gasteiger partial charge in [-0.05, 0) is 32.6 Å². The SMILES string of the molecule is C[C@H](NC(=O)N(C)Cc1ncc[nH]1)C1=CCCCC1. The highest BCUT2D eigenvalue weighted by Gasteiger charge is 2.16. The molecule has 0 saturated heterocycles. The third-order valence-electron chi connectivity index (χ3n) is 3.51. The number of H-pyrrole nitrogens is 1. The number of imidazole rings is 1. The third-order valence-corrected chi connectivity index (χ3v) is 3.51. The highest BCUT2D eigenvalue weighted by atomic mass is 16.2. The Morgan fingerprint density at radius 3 is 3.05 bits per heavy atom. The summed E-state index contributed by atoms with van der Waals surface area (Å²) in [6.07, 6.45) is 10.5. The molecule has 2 N–H and O–H groups in total. The molecule has 0 aromatic carbocycles. The van der Waals surface area contributed by atoms with Crippen LogP contribution >= 0.6 is 0 Å². The summed E-state index contributed by atoms with van der Waals surface area (Å²) < 4.78 is 0. The summed E-state index contributed by atoms with van der Waals surface area (Å²) in [5.41, 5.74) is 1.35. The molecule has 1 aliphatic carbocycles. The van der Waals surface area contributed by atoms with Gasteiger partial charge in [0.2, 0.25) is 0 Å². The number of allylic oxidation sites excluding steroid dienone is 1. The van der Waals surface area contributed by atoms with Gasteiger partial charge in [0.25, 0.3) is 0 Å². The number of rotatable bonds is 4. The van der Waals surface area contributed by atoms with Crippen LogP contribution in [0.4, 0.5) is 4.79 Å². The molecule has 0 spiro atoms. The van der Waals surface area contributed by atoms with E-state index in [1.165, 1.54) is 18.4 Å². The first-order valence-corrected chi connectivity index (χ1v) is 6.85. The van der Waals surface area contributed by atoms with E-state index in [9.17, 15) is 4.79 Å². The molecule has 0 aliphatic heterocycles. The molecule has 19 heavy (non-hydrogen) atoms. The number of nitrogens with zero attached hydrogens (tertiary/aromatic N) is 2. The van der Waals surface area contributed by atoms with E-state index in [0.29, 0.717) is 6.54 Å². The quantitative estimate of drug-likeness (QED) is 0.819. The Kier molecular flexibility index (Phi) is 4.60. The van der Waals surface area contributed by atoms with Crippen molar-refractivity contribution in [3.05, 3.63) is 29.9 Å². The number of nitrogens with one attached hydrogen (secondary N) is 2. The van der Waals surface area contributed by atoms with Gasteiger partial charge >= 0.3 is 6.03 Å². The minimum atomic E-state index is -0.0598. The van der Waals surface area contributed by atoms with Crippen molar-refractivity contribution in [1.29, 1.82) is 0 Å². The number of urea groups is 1. The lowest BCUT2D eigenvalue weighted by Crippen LogP contribution is -2.42. The van der Waals surface area contributed by atoms with Crippen molar-refractivity contribution in [1.82, 2.24) is 20.2 Å². The first-order chi connectivity index (χ1) is 9.16. The number of aromatic nitrogens is 2. The molecule has 0 saturated carbocycles. The average Bonchev–Trinajstić information content (AvgIpc) is 2.92. The lowest BCUT2D eigenvalue weighted by atomic mass is 9.95. The molecule has 0 radical (unpaired) electrons. The van der Waals surface area contributed by atoms with Crippen LogP contribution in [-0.2, 0) is 6.54 Å². The summed E-state index contributed by atoms with van der Waals surface area (Å²) in [7, 11) is 1.78. The van der Waals surface area contributed by atoms with Crippen LogP contribution < -0.4 is 5.32 Å². The third kappa shape index (κ3) is 3.84. The van der Waals surface area contributed by atoms with Crippen LogP contribution in [0.3, 0.4) is 0 Å². The fraction of sp³-hybridized carbons (Fsp3) is 0.571. The van der Waals surface area contributed by atoms with Gasteiger partial charge < -0.3 is 15.2 Å². The van der Waals surface area contributed by atoms with E-state index in [1.807, 2.05) is 0 Å². The van der Waals surface area contributed by atoms with Crippen molar-refractivity contribution in [3.63, 3.8) is 0 Å². The molecule has 5 nitrogen and oxygen atoms in total. The van der Waals surface area contributed by atoms with Gasteiger partial charge in [-0.25, -0.2) is 9.78 Å². The first-order valence-electron chi connectivity index (χ1n) is 6.85. The predicted octanol–water partition coefficient (Wildman–Crippen LogP) is 2.44. The van der Waals surface area contributed by atoms with E-state index < -0.39 is 0 Å². The summed E-state index contributed by atoms with van der Waals surface area (Å²) in [5, 5.41) is 3.04. The first kappa shape index (κ1) is 13.6. The molecule has 0 bridgehead atoms. The van der Waals surface area contributed by atoms with E-state index in [2.05, 4.69) is 28.3 Å². The number of hydrogen-bond donors (Lipinski definition) is 2. The maximum atomic E-state index is 12.1. The topological polar surface area (TPSA) is 61.0 Å². The van der Waals surface area contributed by atoms with Crippen LogP contribution in [0.15, 0.2) is 24.0 Å². The van der Waals surface area contributed by atoms with Gasteiger partial charge in [0.15, 0.2) is 0 Å². The smallest absolute Gasteiger partial charge is 0.318 e. The van der Waals surface area contributed by atoms with Crippen LogP contribution in [0.1, 0.15) is 38.4 Å². The van der Waals surface area contributed by atoms with Crippen molar-refractivity contribution in [2.24, 2.45) is 0 Å². The van der Waals surface area contributed by atoms with Crippen molar-refractivity contribution in [2.45, 2.75) is 45.2 Å². The summed E-state index contributed by atoms with van der Waals surface area (Å²) in [5.74, 6) is 0.794. The van der Waals surface area contributed by atoms with Gasteiger partial charge in [0.1, 0.15) is 5.82 Å². The van der Waals surface area contributed by atoms with Gasteiger partial charge in [0.05, 0.1) is 6.54 Å². The Labute approximate surface area is 114 Å². The van der Waals surface area contributed by atoms with Crippen molar-refractivity contribution >= 4 is 6.03 Å². The molecule has 2 amide bonds. The number of amides is 2. The number of hydrogen-bond acceptors (Lipinski definition) is 2. The lowest BCUT2D eigenvalue weighted by molar-refractivity contribution is 0.203. The second-order valence-corrected chi connectivity index (χ2v) is 5.09. The molecule has 1 aliphatic rings. The zero-order valence-corrected chi connectivity index (χ0v) is 11.6. The molecule has 1 heterocycles. The Morgan fingerprint density at radius 2 is 2.42 bits per heavy atom. The molecule has 1 atom stereocenters. The van der Waals surface area contributed by atoms with Crippen molar-refractivity contribution in [3.8, 4) is 0 Å². The summed E-state index contributed by atoms with van der Waals surface area (Å²) in [6, 6.07) is 0.0576. The van der Waals surface area contributed by atoms with E-state index in [-0.39, 0.29) is 12.1 Å². The zero-order valence-electron chi connectivity index (χ0n) is 11.6. The molecular formula is C14H22N4O. The standard InChI is InChI=1S/C14H22N4O/c1-11(12-6-4-3-5-7-12)17-14(19)18(2)10-13-15-8-9-16-13/h6,8-9,11H,3-5,7,10H2,1-2H3,(H,15,16)(H,17,19)/t11-/m0/s1. The van der Waals surface area contributed by atoms with E-state index in [0.717, 1.165) is 18.7 Å². The van der Waals surface area contributed by atoms with E-state index >= 15 is 0 Å². The predicted molar refractivity (Wildman–Crippen MR) is 74.6 cm³/mol. The van der Waals surface area contributed by atoms with Crippen molar-refractivity contribution < 1.29 is 4.79 Å². The maximum absolute atomic E-state index is 12.1. The molecule has 2 rings (SSSR count). The van der Waals surface area contributed by atoms with Crippen LogP contribution in [-0.4, -0.2) is 34.0 Å². The van der Waals surface area contributed by atoms with Gasteiger partial charge in [-0.15, -0.1) is 0 Å². The summed E-state index contributed by atoms with van der Waals surface area (Å²) in [4.78, 5) is 20.8. The molecule has 1 aromatic heterocycles. The monoisotopic (exact) mass is 262 g/mol. The molecule has 104 valence electrons. The molecule has 0 unspecified atom stereocenters. The van der Waals surface area contributed by atoms with E-state index in [1.54, 1.807) is 24.3 Å². The van der Waals surface area contributed by atoms with Crippen LogP contribution in [0, 0.1) is 0 Å². The minimum absolute atomic E-state index is 0.0598. The zero-order chi connectivity index (χ0) is 13.7. The van der Waals surface area contributed by atoms with Crippen LogP contribution in [0.5, 0.6) is 0 Å². The Hall–Kier alpha value is -1.78. The van der Waals surface area contributed by atoms with Gasteiger partial charge in [0, 0.05) is 25.5 Å². The average molecular weight is 262 g/mol. The molecule has 0 fully saturated rings. The van der Waals surface area contributed by atoms with Crippen LogP contribution in [0.2, 0.25) is 0 Å². The highest BCUT2D eigenvalue weighted by Crippen LogP contribution is 2.20. The lowest BCUT2D eigenvalue weighted by Gasteiger charge is -2.24. The van der Waals surface area contributed by atoms with E-state index in [4.69, 9.17) is 0 Å². The second-order valence-electron chi connectivity index (χ2n) is 5.09. The highest BCUT2D eigenvalue weighted by molar-refractivity contribution is 5.74. The van der Waals surface area contributed by atoms with Crippen LogP contribution in [0.25, 0.3) is 0 Å². The van der Waals surface area contributed by atoms with Gasteiger partial charge in [-0.1, -0.05) is 11.6 Å². The summed E-state index contributed by atoms with van der Waals surface area (Å²) >= 11 is 0. The molecule has 1 aromatic rings. The number of aromatic amines is 1. The second kappa shape index (κ2) is 6.41. The molecular weight excluding hydrogens is 240 g/mol. The number of carbonyl (C=O) groups is 1. The number of carbonyl (C=O) groups excluding carboxylic acids is 1. The fourth-order valence-electron chi connectivity index (χ4n) is 2.33. The minimum Gasteiger partial charge on any atom is -0.347 e. The summed E-state index contributed by atoms with van der Waals surface area (Å²) in [6.45, 7) is 2.54. The van der Waals surface area contributed by atoms with Gasteiger partial charge in [-0.2, -0.15) is 0 Å². The fourth-order valence-corrected chi connectivity index (χ4v) is 2.33. The van der Waals surface area contributed by atoms with Crippen molar-refractivity contribution in [2.75, 3.05) is 7.05 Å². The Bertz CT molecular complexity index is 438. The molecule has 5 heteroatoms.